The molecule has 4 N–H and O–H groups in total. The van der Waals surface area contributed by atoms with Gasteiger partial charge in [-0.05, 0) is 50.6 Å². The van der Waals surface area contributed by atoms with Crippen molar-refractivity contribution in [2.24, 2.45) is 5.92 Å². The highest BCUT2D eigenvalue weighted by Crippen LogP contribution is 2.48. The second-order valence-corrected chi connectivity index (χ2v) is 7.81. The van der Waals surface area contributed by atoms with Crippen molar-refractivity contribution in [2.45, 2.75) is 38.0 Å². The summed E-state index contributed by atoms with van der Waals surface area (Å²) >= 11 is 0. The smallest absolute Gasteiger partial charge is 0.250 e. The van der Waals surface area contributed by atoms with Crippen molar-refractivity contribution in [1.82, 2.24) is 5.32 Å². The maximum Gasteiger partial charge on any atom is 0.250 e. The van der Waals surface area contributed by atoms with Crippen LogP contribution in [-0.2, 0) is 15.1 Å². The summed E-state index contributed by atoms with van der Waals surface area (Å²) in [6, 6.07) is 12.4. The Hall–Kier alpha value is -2.90. The van der Waals surface area contributed by atoms with Crippen LogP contribution in [0.3, 0.4) is 0 Å². The maximum absolute atomic E-state index is 13.3. The van der Waals surface area contributed by atoms with E-state index in [2.05, 4.69) is 16.0 Å². The molecule has 0 aromatic heterocycles. The minimum atomic E-state index is -1.21. The van der Waals surface area contributed by atoms with E-state index in [-0.39, 0.29) is 17.9 Å². The zero-order valence-corrected chi connectivity index (χ0v) is 16.7. The quantitative estimate of drug-likeness (QED) is 0.636. The van der Waals surface area contributed by atoms with Gasteiger partial charge in [-0.25, -0.2) is 0 Å². The Morgan fingerprint density at radius 2 is 2.00 bits per heavy atom. The number of fused-ring (bicyclic) bond motifs is 2. The molecule has 2 aromatic carbocycles. The molecular weight excluding hydrogens is 370 g/mol. The van der Waals surface area contributed by atoms with Gasteiger partial charge in [0.2, 0.25) is 11.8 Å². The third kappa shape index (κ3) is 3.16. The summed E-state index contributed by atoms with van der Waals surface area (Å²) in [7, 11) is 1.58. The lowest BCUT2D eigenvalue weighted by Gasteiger charge is -2.29. The Labute approximate surface area is 169 Å². The van der Waals surface area contributed by atoms with E-state index < -0.39 is 17.6 Å². The fourth-order valence-corrected chi connectivity index (χ4v) is 4.33. The van der Waals surface area contributed by atoms with Gasteiger partial charge >= 0.3 is 0 Å². The predicted octanol–water partition coefficient (Wildman–Crippen LogP) is 2.15. The fraction of sp³-hybridized carbons (Fsp3) is 0.364. The summed E-state index contributed by atoms with van der Waals surface area (Å²) < 4.78 is 5.15. The first-order chi connectivity index (χ1) is 13.8. The molecule has 2 aliphatic rings. The van der Waals surface area contributed by atoms with Crippen LogP contribution < -0.4 is 20.7 Å². The molecule has 7 heteroatoms. The van der Waals surface area contributed by atoms with Gasteiger partial charge in [-0.3, -0.25) is 14.9 Å². The molecule has 152 valence electrons. The number of nitrogens with one attached hydrogen (secondary N) is 3. The Kier molecular flexibility index (Phi) is 4.80. The third-order valence-electron chi connectivity index (χ3n) is 5.89. The summed E-state index contributed by atoms with van der Waals surface area (Å²) in [4.78, 5) is 26.4. The molecule has 29 heavy (non-hydrogen) atoms. The Balaban J connectivity index is 1.71. The first kappa shape index (κ1) is 19.4. The molecule has 1 fully saturated rings. The molecule has 0 radical (unpaired) electrons. The Bertz CT molecular complexity index is 957. The molecule has 2 aromatic rings. The van der Waals surface area contributed by atoms with Crippen LogP contribution in [0.15, 0.2) is 42.5 Å². The van der Waals surface area contributed by atoms with Crippen molar-refractivity contribution < 1.29 is 19.4 Å². The molecule has 1 unspecified atom stereocenters. The second-order valence-electron chi connectivity index (χ2n) is 7.81. The number of amides is 2. The number of carbonyl (C=O) groups is 2. The van der Waals surface area contributed by atoms with Gasteiger partial charge in [-0.15, -0.1) is 0 Å². The van der Waals surface area contributed by atoms with E-state index in [9.17, 15) is 14.7 Å². The van der Waals surface area contributed by atoms with Crippen molar-refractivity contribution in [3.8, 4) is 5.75 Å². The molecule has 2 heterocycles. The van der Waals surface area contributed by atoms with Gasteiger partial charge in [-0.2, -0.15) is 0 Å². The summed E-state index contributed by atoms with van der Waals surface area (Å²) in [6.45, 7) is 3.61. The van der Waals surface area contributed by atoms with Crippen molar-refractivity contribution >= 4 is 23.2 Å². The zero-order valence-electron chi connectivity index (χ0n) is 16.7. The van der Waals surface area contributed by atoms with Gasteiger partial charge in [0.25, 0.3) is 0 Å². The number of carbonyl (C=O) groups excluding carboxylic acids is 2. The molecule has 0 saturated carbocycles. The van der Waals surface area contributed by atoms with Crippen LogP contribution >= 0.6 is 0 Å². The number of benzene rings is 2. The predicted molar refractivity (Wildman–Crippen MR) is 110 cm³/mol. The Morgan fingerprint density at radius 1 is 1.28 bits per heavy atom. The Morgan fingerprint density at radius 3 is 2.66 bits per heavy atom. The molecular formula is C22H25N3O4. The number of anilines is 2. The second kappa shape index (κ2) is 7.17. The van der Waals surface area contributed by atoms with Crippen LogP contribution in [0.2, 0.25) is 0 Å². The van der Waals surface area contributed by atoms with E-state index in [1.54, 1.807) is 38.3 Å². The summed E-state index contributed by atoms with van der Waals surface area (Å²) in [5, 5.41) is 19.3. The van der Waals surface area contributed by atoms with Crippen LogP contribution in [0.1, 0.15) is 24.5 Å². The topological polar surface area (TPSA) is 99.7 Å². The lowest BCUT2D eigenvalue weighted by molar-refractivity contribution is -0.130. The first-order valence-corrected chi connectivity index (χ1v) is 9.68. The van der Waals surface area contributed by atoms with Gasteiger partial charge in [0.1, 0.15) is 11.3 Å². The third-order valence-corrected chi connectivity index (χ3v) is 5.89. The molecule has 0 aliphatic carbocycles. The molecule has 7 nitrogen and oxygen atoms in total. The van der Waals surface area contributed by atoms with Crippen molar-refractivity contribution in [3.05, 3.63) is 53.6 Å². The van der Waals surface area contributed by atoms with E-state index in [1.807, 2.05) is 25.1 Å². The average molecular weight is 395 g/mol. The van der Waals surface area contributed by atoms with Gasteiger partial charge in [-0.1, -0.05) is 17.7 Å². The number of ether oxygens (including phenoxy) is 1. The van der Waals surface area contributed by atoms with Crippen molar-refractivity contribution in [2.75, 3.05) is 17.7 Å². The van der Waals surface area contributed by atoms with Crippen molar-refractivity contribution in [3.63, 3.8) is 0 Å². The molecule has 4 rings (SSSR count). The summed E-state index contributed by atoms with van der Waals surface area (Å²) in [5.74, 6) is -0.519. The van der Waals surface area contributed by atoms with Crippen molar-refractivity contribution in [1.29, 1.82) is 0 Å². The SMILES string of the molecule is COc1ccc(NC(=O)[C@H]2C[C@H](C(C)O)N[C@]23C(=O)Nc2ccc(C)cc23)cc1. The molecule has 2 amide bonds. The number of hydrogen-bond acceptors (Lipinski definition) is 5. The summed E-state index contributed by atoms with van der Waals surface area (Å²) in [5.41, 5.74) is 1.85. The van der Waals surface area contributed by atoms with E-state index in [0.717, 1.165) is 11.1 Å². The van der Waals surface area contributed by atoms with Gasteiger partial charge in [0, 0.05) is 23.0 Å². The van der Waals surface area contributed by atoms with Gasteiger partial charge in [0.05, 0.1) is 19.1 Å². The molecule has 1 saturated heterocycles. The lowest BCUT2D eigenvalue weighted by atomic mass is 9.79. The van der Waals surface area contributed by atoms with E-state index in [1.165, 1.54) is 0 Å². The molecule has 0 bridgehead atoms. The summed E-state index contributed by atoms with van der Waals surface area (Å²) in [6.07, 6.45) is -0.354. The maximum atomic E-state index is 13.3. The monoisotopic (exact) mass is 395 g/mol. The van der Waals surface area contributed by atoms with E-state index >= 15 is 0 Å². The van der Waals surface area contributed by atoms with Gasteiger partial charge in [0.15, 0.2) is 0 Å². The van der Waals surface area contributed by atoms with Crippen LogP contribution in [0.5, 0.6) is 5.75 Å². The number of aliphatic hydroxyl groups is 1. The number of rotatable bonds is 4. The fourth-order valence-electron chi connectivity index (χ4n) is 4.33. The zero-order chi connectivity index (χ0) is 20.8. The largest absolute Gasteiger partial charge is 0.497 e. The molecule has 2 aliphatic heterocycles. The minimum absolute atomic E-state index is 0.267. The lowest BCUT2D eigenvalue weighted by Crippen LogP contribution is -2.53. The van der Waals surface area contributed by atoms with Crippen LogP contribution in [0, 0.1) is 12.8 Å². The number of methoxy groups -OCH3 is 1. The molecule has 1 spiro atoms. The minimum Gasteiger partial charge on any atom is -0.497 e. The van der Waals surface area contributed by atoms with E-state index in [4.69, 9.17) is 4.74 Å². The normalized spacial score (nSPS) is 26.1. The average Bonchev–Trinajstić information content (AvgIpc) is 3.23. The highest BCUT2D eigenvalue weighted by atomic mass is 16.5. The van der Waals surface area contributed by atoms with Gasteiger partial charge < -0.3 is 20.5 Å². The number of hydrogen-bond donors (Lipinski definition) is 4. The molecule has 4 atom stereocenters. The number of aliphatic hydroxyl groups excluding tert-OH is 1. The number of aryl methyl sites for hydroxylation is 1. The highest BCUT2D eigenvalue weighted by molar-refractivity contribution is 6.10. The van der Waals surface area contributed by atoms with E-state index in [0.29, 0.717) is 23.5 Å². The first-order valence-electron chi connectivity index (χ1n) is 9.68. The van der Waals surface area contributed by atoms with Crippen LogP contribution in [0.25, 0.3) is 0 Å². The van der Waals surface area contributed by atoms with Crippen LogP contribution in [-0.4, -0.2) is 36.2 Å². The highest BCUT2D eigenvalue weighted by Gasteiger charge is 2.60. The standard InChI is InChI=1S/C22H25N3O4/c1-12-4-9-18-16(10-12)22(21(28)24-18)17(11-19(25-22)13(2)26)20(27)23-14-5-7-15(29-3)8-6-14/h4-10,13,17,19,25-26H,11H2,1-3H3,(H,23,27)(H,24,28)/t13?,17-,19-,22+/m1/s1. The van der Waals surface area contributed by atoms with Crippen LogP contribution in [0.4, 0.5) is 11.4 Å².